The molecule has 5 heteroatoms. The Morgan fingerprint density at radius 2 is 2.30 bits per heavy atom. The van der Waals surface area contributed by atoms with E-state index in [-0.39, 0.29) is 17.9 Å². The maximum atomic E-state index is 12.3. The van der Waals surface area contributed by atoms with Gasteiger partial charge in [-0.3, -0.25) is 4.79 Å². The van der Waals surface area contributed by atoms with Gasteiger partial charge in [-0.15, -0.1) is 0 Å². The first kappa shape index (κ1) is 15.3. The molecule has 0 bridgehead atoms. The van der Waals surface area contributed by atoms with Crippen molar-refractivity contribution in [3.8, 4) is 0 Å². The Morgan fingerprint density at radius 3 is 3.00 bits per heavy atom. The molecule has 0 aliphatic carbocycles. The SMILES string of the molecule is CNC[C@@H](C)C(=O)N1CCO[C@H](c2ccccc2Cl)C1. The predicted octanol–water partition coefficient (Wildman–Crippen LogP) is 2.10. The maximum absolute atomic E-state index is 12.3. The summed E-state index contributed by atoms with van der Waals surface area (Å²) in [5.41, 5.74) is 0.952. The fourth-order valence-electron chi connectivity index (χ4n) is 2.48. The predicted molar refractivity (Wildman–Crippen MR) is 79.8 cm³/mol. The molecule has 0 unspecified atom stereocenters. The maximum Gasteiger partial charge on any atom is 0.226 e. The van der Waals surface area contributed by atoms with E-state index in [4.69, 9.17) is 16.3 Å². The number of benzene rings is 1. The molecule has 1 aliphatic heterocycles. The lowest BCUT2D eigenvalue weighted by atomic mass is 10.1. The van der Waals surface area contributed by atoms with Crippen molar-refractivity contribution in [3.63, 3.8) is 0 Å². The highest BCUT2D eigenvalue weighted by Crippen LogP contribution is 2.28. The monoisotopic (exact) mass is 296 g/mol. The largest absolute Gasteiger partial charge is 0.370 e. The van der Waals surface area contributed by atoms with Crippen LogP contribution < -0.4 is 5.32 Å². The second kappa shape index (κ2) is 7.07. The number of amides is 1. The van der Waals surface area contributed by atoms with Crippen LogP contribution in [0.4, 0.5) is 0 Å². The van der Waals surface area contributed by atoms with Gasteiger partial charge in [0.1, 0.15) is 6.10 Å². The first-order valence-corrected chi connectivity index (χ1v) is 7.30. The average molecular weight is 297 g/mol. The van der Waals surface area contributed by atoms with Gasteiger partial charge in [0.2, 0.25) is 5.91 Å². The summed E-state index contributed by atoms with van der Waals surface area (Å²) in [7, 11) is 1.86. The molecule has 20 heavy (non-hydrogen) atoms. The number of hydrogen-bond acceptors (Lipinski definition) is 3. The number of hydrogen-bond donors (Lipinski definition) is 1. The normalized spacial score (nSPS) is 20.8. The van der Waals surface area contributed by atoms with E-state index in [1.54, 1.807) is 0 Å². The molecule has 0 saturated carbocycles. The number of ether oxygens (including phenoxy) is 1. The van der Waals surface area contributed by atoms with Gasteiger partial charge in [-0.25, -0.2) is 0 Å². The zero-order valence-electron chi connectivity index (χ0n) is 11.9. The van der Waals surface area contributed by atoms with Gasteiger partial charge in [-0.05, 0) is 13.1 Å². The molecule has 2 atom stereocenters. The van der Waals surface area contributed by atoms with E-state index in [2.05, 4.69) is 5.32 Å². The summed E-state index contributed by atoms with van der Waals surface area (Å²) >= 11 is 6.20. The van der Waals surface area contributed by atoms with Crippen molar-refractivity contribution >= 4 is 17.5 Å². The van der Waals surface area contributed by atoms with Crippen LogP contribution in [-0.4, -0.2) is 44.1 Å². The number of carbonyl (C=O) groups is 1. The van der Waals surface area contributed by atoms with Gasteiger partial charge < -0.3 is 15.0 Å². The molecule has 0 spiro atoms. The number of morpholine rings is 1. The summed E-state index contributed by atoms with van der Waals surface area (Å²) in [5.74, 6) is 0.143. The molecule has 1 aromatic rings. The highest BCUT2D eigenvalue weighted by atomic mass is 35.5. The van der Waals surface area contributed by atoms with Gasteiger partial charge >= 0.3 is 0 Å². The van der Waals surface area contributed by atoms with Crippen LogP contribution in [0.15, 0.2) is 24.3 Å². The topological polar surface area (TPSA) is 41.6 Å². The van der Waals surface area contributed by atoms with E-state index >= 15 is 0 Å². The standard InChI is InChI=1S/C15H21ClN2O2/c1-11(9-17-2)15(19)18-7-8-20-14(10-18)12-5-3-4-6-13(12)16/h3-6,11,14,17H,7-10H2,1-2H3/t11-,14+/m1/s1. The minimum absolute atomic E-state index is 0.0232. The van der Waals surface area contributed by atoms with E-state index in [0.717, 1.165) is 5.56 Å². The van der Waals surface area contributed by atoms with E-state index < -0.39 is 0 Å². The molecule has 1 aromatic carbocycles. The highest BCUT2D eigenvalue weighted by molar-refractivity contribution is 6.31. The highest BCUT2D eigenvalue weighted by Gasteiger charge is 2.28. The van der Waals surface area contributed by atoms with Crippen LogP contribution in [0.25, 0.3) is 0 Å². The zero-order chi connectivity index (χ0) is 14.5. The molecular weight excluding hydrogens is 276 g/mol. The Labute approximate surface area is 125 Å². The third-order valence-corrected chi connectivity index (χ3v) is 3.91. The Morgan fingerprint density at radius 1 is 1.55 bits per heavy atom. The quantitative estimate of drug-likeness (QED) is 0.925. The lowest BCUT2D eigenvalue weighted by molar-refractivity contribution is -0.142. The van der Waals surface area contributed by atoms with Crippen molar-refractivity contribution in [2.24, 2.45) is 5.92 Å². The van der Waals surface area contributed by atoms with Crippen LogP contribution in [0.2, 0.25) is 5.02 Å². The first-order valence-electron chi connectivity index (χ1n) is 6.93. The van der Waals surface area contributed by atoms with Crippen molar-refractivity contribution in [3.05, 3.63) is 34.9 Å². The molecular formula is C15H21ClN2O2. The van der Waals surface area contributed by atoms with Gasteiger partial charge in [0, 0.05) is 29.6 Å². The molecule has 1 fully saturated rings. The third kappa shape index (κ3) is 3.51. The molecule has 1 aliphatic rings. The van der Waals surface area contributed by atoms with E-state index in [0.29, 0.717) is 31.3 Å². The molecule has 0 aromatic heterocycles. The lowest BCUT2D eigenvalue weighted by Crippen LogP contribution is -2.46. The molecule has 1 amide bonds. The zero-order valence-corrected chi connectivity index (χ0v) is 12.7. The second-order valence-electron chi connectivity index (χ2n) is 5.12. The summed E-state index contributed by atoms with van der Waals surface area (Å²) in [4.78, 5) is 14.2. The molecule has 2 rings (SSSR count). The van der Waals surface area contributed by atoms with Gasteiger partial charge in [-0.2, -0.15) is 0 Å². The first-order chi connectivity index (χ1) is 9.63. The fraction of sp³-hybridized carbons (Fsp3) is 0.533. The Kier molecular flexibility index (Phi) is 5.40. The van der Waals surface area contributed by atoms with E-state index in [1.165, 1.54) is 0 Å². The number of nitrogens with one attached hydrogen (secondary N) is 1. The molecule has 1 N–H and O–H groups in total. The molecule has 4 nitrogen and oxygen atoms in total. The average Bonchev–Trinajstić information content (AvgIpc) is 2.47. The van der Waals surface area contributed by atoms with Crippen molar-refractivity contribution < 1.29 is 9.53 Å². The van der Waals surface area contributed by atoms with Gasteiger partial charge in [0.05, 0.1) is 13.2 Å². The van der Waals surface area contributed by atoms with E-state index in [1.807, 2.05) is 43.1 Å². The van der Waals surface area contributed by atoms with Crippen LogP contribution in [0.5, 0.6) is 0 Å². The van der Waals surface area contributed by atoms with Crippen LogP contribution in [0.3, 0.4) is 0 Å². The van der Waals surface area contributed by atoms with E-state index in [9.17, 15) is 4.79 Å². The minimum atomic E-state index is -0.136. The van der Waals surface area contributed by atoms with Crippen LogP contribution in [-0.2, 0) is 9.53 Å². The minimum Gasteiger partial charge on any atom is -0.370 e. The summed E-state index contributed by atoms with van der Waals surface area (Å²) in [6.07, 6.45) is -0.136. The van der Waals surface area contributed by atoms with Crippen LogP contribution in [0.1, 0.15) is 18.6 Å². The Balaban J connectivity index is 2.05. The fourth-order valence-corrected chi connectivity index (χ4v) is 2.74. The summed E-state index contributed by atoms with van der Waals surface area (Å²) in [6.45, 7) is 4.39. The number of nitrogens with zero attached hydrogens (tertiary/aromatic N) is 1. The lowest BCUT2D eigenvalue weighted by Gasteiger charge is -2.35. The van der Waals surface area contributed by atoms with Gasteiger partial charge in [0.25, 0.3) is 0 Å². The molecule has 0 radical (unpaired) electrons. The Hall–Kier alpha value is -1.10. The van der Waals surface area contributed by atoms with Crippen molar-refractivity contribution in [2.45, 2.75) is 13.0 Å². The van der Waals surface area contributed by atoms with Crippen molar-refractivity contribution in [1.82, 2.24) is 10.2 Å². The third-order valence-electron chi connectivity index (χ3n) is 3.56. The van der Waals surface area contributed by atoms with Crippen LogP contribution >= 0.6 is 11.6 Å². The molecule has 1 heterocycles. The smallest absolute Gasteiger partial charge is 0.226 e. The van der Waals surface area contributed by atoms with Gasteiger partial charge in [0.15, 0.2) is 0 Å². The Bertz CT molecular complexity index is 467. The van der Waals surface area contributed by atoms with Gasteiger partial charge in [-0.1, -0.05) is 36.7 Å². The number of rotatable bonds is 4. The number of halogens is 1. The van der Waals surface area contributed by atoms with Crippen molar-refractivity contribution in [1.29, 1.82) is 0 Å². The summed E-state index contributed by atoms with van der Waals surface area (Å²) in [5, 5.41) is 3.73. The summed E-state index contributed by atoms with van der Waals surface area (Å²) in [6, 6.07) is 7.64. The molecule has 1 saturated heterocycles. The van der Waals surface area contributed by atoms with Crippen molar-refractivity contribution in [2.75, 3.05) is 33.3 Å². The summed E-state index contributed by atoms with van der Waals surface area (Å²) < 4.78 is 5.77. The second-order valence-corrected chi connectivity index (χ2v) is 5.53. The number of carbonyl (C=O) groups excluding carboxylic acids is 1. The van der Waals surface area contributed by atoms with Crippen LogP contribution in [0, 0.1) is 5.92 Å². The molecule has 110 valence electrons.